The van der Waals surface area contributed by atoms with Crippen molar-refractivity contribution < 1.29 is 4.79 Å². The molecule has 0 saturated carbocycles. The zero-order chi connectivity index (χ0) is 17.3. The van der Waals surface area contributed by atoms with Gasteiger partial charge in [-0.3, -0.25) is 9.48 Å². The summed E-state index contributed by atoms with van der Waals surface area (Å²) in [6.07, 6.45) is 1.06. The molecule has 3 rings (SSSR count). The lowest BCUT2D eigenvalue weighted by Gasteiger charge is -2.19. The minimum absolute atomic E-state index is 0.147. The van der Waals surface area contributed by atoms with Crippen LogP contribution < -0.4 is 10.2 Å². The minimum atomic E-state index is -0.147. The van der Waals surface area contributed by atoms with Crippen molar-refractivity contribution >= 4 is 39.1 Å². The van der Waals surface area contributed by atoms with Crippen molar-refractivity contribution in [3.05, 3.63) is 45.1 Å². The third-order valence-corrected chi connectivity index (χ3v) is 5.32. The fourth-order valence-corrected chi connectivity index (χ4v) is 3.77. The fourth-order valence-electron chi connectivity index (χ4n) is 3.12. The number of rotatable bonds is 4. The van der Waals surface area contributed by atoms with Gasteiger partial charge in [-0.2, -0.15) is 5.10 Å². The van der Waals surface area contributed by atoms with Gasteiger partial charge in [0.05, 0.1) is 11.3 Å². The molecule has 7 heteroatoms. The number of anilines is 1. The van der Waals surface area contributed by atoms with E-state index in [1.165, 1.54) is 10.4 Å². The van der Waals surface area contributed by atoms with Crippen molar-refractivity contribution in [3.63, 3.8) is 0 Å². The summed E-state index contributed by atoms with van der Waals surface area (Å²) in [5.74, 6) is 0.287. The molecule has 1 aliphatic rings. The molecule has 0 spiro atoms. The number of hydrogen-bond donors (Lipinski definition) is 1. The first-order chi connectivity index (χ1) is 11.5. The van der Waals surface area contributed by atoms with Crippen LogP contribution in [0, 0.1) is 12.8 Å². The van der Waals surface area contributed by atoms with E-state index in [0.717, 1.165) is 24.0 Å². The zero-order valence-electron chi connectivity index (χ0n) is 13.7. The number of benzene rings is 1. The van der Waals surface area contributed by atoms with E-state index in [0.29, 0.717) is 28.9 Å². The highest BCUT2D eigenvalue weighted by Gasteiger charge is 2.25. The first-order valence-corrected chi connectivity index (χ1v) is 9.10. The molecular formula is C17H20BrClN4O. The van der Waals surface area contributed by atoms with E-state index >= 15 is 0 Å². The Kier molecular flexibility index (Phi) is 5.15. The number of aromatic nitrogens is 2. The second-order valence-electron chi connectivity index (χ2n) is 6.17. The molecule has 128 valence electrons. The molecule has 24 heavy (non-hydrogen) atoms. The van der Waals surface area contributed by atoms with Gasteiger partial charge in [0.1, 0.15) is 5.15 Å². The van der Waals surface area contributed by atoms with E-state index in [-0.39, 0.29) is 5.91 Å². The van der Waals surface area contributed by atoms with Gasteiger partial charge in [0, 0.05) is 36.8 Å². The van der Waals surface area contributed by atoms with Crippen LogP contribution in [0.3, 0.4) is 0 Å². The Balaban J connectivity index is 1.57. The standard InChI is InChI=1S/C17H20BrClN4O/c1-11-15(16(19)22(2)21-11)17(24)20-9-12-6-7-23(10-12)14-5-3-4-13(18)8-14/h3-5,8,12H,6-7,9-10H2,1-2H3,(H,20,24). The molecular weight excluding hydrogens is 392 g/mol. The number of nitrogens with zero attached hydrogens (tertiary/aromatic N) is 3. The van der Waals surface area contributed by atoms with E-state index in [1.54, 1.807) is 14.0 Å². The number of hydrogen-bond acceptors (Lipinski definition) is 3. The first kappa shape index (κ1) is 17.3. The topological polar surface area (TPSA) is 50.2 Å². The van der Waals surface area contributed by atoms with Crippen LogP contribution in [-0.2, 0) is 7.05 Å². The van der Waals surface area contributed by atoms with Gasteiger partial charge in [-0.15, -0.1) is 0 Å². The number of carbonyl (C=O) groups excluding carboxylic acids is 1. The number of carbonyl (C=O) groups is 1. The highest BCUT2D eigenvalue weighted by Crippen LogP contribution is 2.26. The smallest absolute Gasteiger partial charge is 0.256 e. The highest BCUT2D eigenvalue weighted by atomic mass is 79.9. The van der Waals surface area contributed by atoms with Crippen LogP contribution >= 0.6 is 27.5 Å². The summed E-state index contributed by atoms with van der Waals surface area (Å²) in [6.45, 7) is 4.39. The average molecular weight is 412 g/mol. The van der Waals surface area contributed by atoms with E-state index in [2.05, 4.69) is 43.4 Å². The summed E-state index contributed by atoms with van der Waals surface area (Å²) in [5.41, 5.74) is 2.34. The van der Waals surface area contributed by atoms with Crippen LogP contribution in [0.2, 0.25) is 5.15 Å². The molecule has 2 heterocycles. The van der Waals surface area contributed by atoms with Crippen molar-refractivity contribution in [1.82, 2.24) is 15.1 Å². The molecule has 1 aromatic heterocycles. The van der Waals surface area contributed by atoms with Gasteiger partial charge in [0.2, 0.25) is 0 Å². The lowest BCUT2D eigenvalue weighted by atomic mass is 10.1. The lowest BCUT2D eigenvalue weighted by Crippen LogP contribution is -2.31. The van der Waals surface area contributed by atoms with Crippen LogP contribution in [0.25, 0.3) is 0 Å². The van der Waals surface area contributed by atoms with Crippen LogP contribution in [0.15, 0.2) is 28.7 Å². The number of amides is 1. The molecule has 0 bridgehead atoms. The van der Waals surface area contributed by atoms with Gasteiger partial charge in [0.15, 0.2) is 0 Å². The summed E-state index contributed by atoms with van der Waals surface area (Å²) in [7, 11) is 1.74. The second-order valence-corrected chi connectivity index (χ2v) is 7.44. The molecule has 0 radical (unpaired) electrons. The highest BCUT2D eigenvalue weighted by molar-refractivity contribution is 9.10. The molecule has 2 aromatic rings. The maximum absolute atomic E-state index is 12.4. The summed E-state index contributed by atoms with van der Waals surface area (Å²) in [5, 5.41) is 7.57. The van der Waals surface area contributed by atoms with Gasteiger partial charge >= 0.3 is 0 Å². The van der Waals surface area contributed by atoms with Gasteiger partial charge in [-0.05, 0) is 37.5 Å². The molecule has 1 fully saturated rings. The minimum Gasteiger partial charge on any atom is -0.371 e. The van der Waals surface area contributed by atoms with Gasteiger partial charge in [0.25, 0.3) is 5.91 Å². The fraction of sp³-hybridized carbons (Fsp3) is 0.412. The molecule has 1 unspecified atom stereocenters. The Morgan fingerprint density at radius 2 is 2.29 bits per heavy atom. The van der Waals surface area contributed by atoms with E-state index in [1.807, 2.05) is 12.1 Å². The van der Waals surface area contributed by atoms with Crippen molar-refractivity contribution in [3.8, 4) is 0 Å². The third-order valence-electron chi connectivity index (χ3n) is 4.39. The molecule has 5 nitrogen and oxygen atoms in total. The molecule has 1 amide bonds. The van der Waals surface area contributed by atoms with Crippen molar-refractivity contribution in [2.75, 3.05) is 24.5 Å². The van der Waals surface area contributed by atoms with Gasteiger partial charge < -0.3 is 10.2 Å². The van der Waals surface area contributed by atoms with Crippen molar-refractivity contribution in [2.24, 2.45) is 13.0 Å². The predicted molar refractivity (Wildman–Crippen MR) is 99.8 cm³/mol. The Bertz CT molecular complexity index is 761. The number of aryl methyl sites for hydroxylation is 2. The van der Waals surface area contributed by atoms with Crippen LogP contribution in [-0.4, -0.2) is 35.3 Å². The maximum Gasteiger partial charge on any atom is 0.256 e. The van der Waals surface area contributed by atoms with Crippen molar-refractivity contribution in [2.45, 2.75) is 13.3 Å². The summed E-state index contributed by atoms with van der Waals surface area (Å²) < 4.78 is 2.61. The molecule has 1 atom stereocenters. The lowest BCUT2D eigenvalue weighted by molar-refractivity contribution is 0.0948. The Hall–Kier alpha value is -1.53. The molecule has 1 aliphatic heterocycles. The second kappa shape index (κ2) is 7.15. The van der Waals surface area contributed by atoms with Crippen molar-refractivity contribution in [1.29, 1.82) is 0 Å². The van der Waals surface area contributed by atoms with Crippen LogP contribution in [0.1, 0.15) is 22.5 Å². The van der Waals surface area contributed by atoms with E-state index < -0.39 is 0 Å². The number of halogens is 2. The molecule has 1 aromatic carbocycles. The Morgan fingerprint density at radius 1 is 1.50 bits per heavy atom. The maximum atomic E-state index is 12.4. The summed E-state index contributed by atoms with van der Waals surface area (Å²) in [4.78, 5) is 14.7. The monoisotopic (exact) mass is 410 g/mol. The summed E-state index contributed by atoms with van der Waals surface area (Å²) >= 11 is 9.66. The molecule has 1 saturated heterocycles. The van der Waals surface area contributed by atoms with E-state index in [4.69, 9.17) is 11.6 Å². The quantitative estimate of drug-likeness (QED) is 0.839. The predicted octanol–water partition coefficient (Wildman–Crippen LogP) is 3.40. The Morgan fingerprint density at radius 3 is 2.96 bits per heavy atom. The van der Waals surface area contributed by atoms with Gasteiger partial charge in [-0.25, -0.2) is 0 Å². The van der Waals surface area contributed by atoms with Crippen LogP contribution in [0.5, 0.6) is 0 Å². The largest absolute Gasteiger partial charge is 0.371 e. The normalized spacial score (nSPS) is 17.3. The number of nitrogens with one attached hydrogen (secondary N) is 1. The van der Waals surface area contributed by atoms with E-state index in [9.17, 15) is 4.79 Å². The molecule has 1 N–H and O–H groups in total. The SMILES string of the molecule is Cc1nn(C)c(Cl)c1C(=O)NCC1CCN(c2cccc(Br)c2)C1. The molecule has 0 aliphatic carbocycles. The zero-order valence-corrected chi connectivity index (χ0v) is 16.1. The Labute approximate surface area is 155 Å². The summed E-state index contributed by atoms with van der Waals surface area (Å²) in [6, 6.07) is 8.31. The third kappa shape index (κ3) is 3.59. The first-order valence-electron chi connectivity index (χ1n) is 7.93. The van der Waals surface area contributed by atoms with Gasteiger partial charge in [-0.1, -0.05) is 33.6 Å². The average Bonchev–Trinajstić information content (AvgIpc) is 3.10. The van der Waals surface area contributed by atoms with Crippen LogP contribution in [0.4, 0.5) is 5.69 Å².